The van der Waals surface area contributed by atoms with Gasteiger partial charge in [0.15, 0.2) is 0 Å². The lowest BCUT2D eigenvalue weighted by Crippen LogP contribution is -2.41. The molecule has 12 heteroatoms. The third kappa shape index (κ3) is 8.24. The molecular weight excluding hydrogens is 511 g/mol. The number of unbranched alkanes of at least 4 members (excludes halogenated alkanes) is 1. The Morgan fingerprint density at radius 2 is 1.58 bits per heavy atom. The zero-order valence-electron chi connectivity index (χ0n) is 18.2. The van der Waals surface area contributed by atoms with E-state index in [1.54, 1.807) is 19.1 Å². The summed E-state index contributed by atoms with van der Waals surface area (Å²) in [7, 11) is -7.72. The van der Waals surface area contributed by atoms with E-state index in [0.717, 1.165) is 5.56 Å². The van der Waals surface area contributed by atoms with Crippen LogP contribution in [0.25, 0.3) is 0 Å². The number of ether oxygens (including phenoxy) is 1. The lowest BCUT2D eigenvalue weighted by Gasteiger charge is -2.17. The summed E-state index contributed by atoms with van der Waals surface area (Å²) in [5.74, 6) is -0.721. The van der Waals surface area contributed by atoms with Crippen molar-refractivity contribution >= 4 is 49.2 Å². The molecule has 8 nitrogen and oxygen atoms in total. The van der Waals surface area contributed by atoms with E-state index in [4.69, 9.17) is 27.9 Å². The second-order valence-corrected chi connectivity index (χ2v) is 11.5. The molecule has 0 amide bonds. The van der Waals surface area contributed by atoms with Gasteiger partial charge in [-0.2, -0.15) is 4.72 Å². The van der Waals surface area contributed by atoms with Gasteiger partial charge in [-0.1, -0.05) is 40.9 Å². The molecule has 0 spiro atoms. The molecule has 182 valence electrons. The molecule has 0 aromatic heterocycles. The van der Waals surface area contributed by atoms with Crippen LogP contribution in [0.4, 0.5) is 0 Å². The van der Waals surface area contributed by atoms with Crippen molar-refractivity contribution in [2.45, 2.75) is 48.9 Å². The molecule has 0 fully saturated rings. The fourth-order valence-corrected chi connectivity index (χ4v) is 5.53. The summed E-state index contributed by atoms with van der Waals surface area (Å²) in [4.78, 5) is 12.3. The summed E-state index contributed by atoms with van der Waals surface area (Å²) in [6, 6.07) is 9.12. The van der Waals surface area contributed by atoms with Crippen LogP contribution in [-0.2, 0) is 29.6 Å². The first-order valence-electron chi connectivity index (χ1n) is 10.2. The van der Waals surface area contributed by atoms with Gasteiger partial charge < -0.3 is 4.74 Å². The van der Waals surface area contributed by atoms with Crippen LogP contribution in [0.5, 0.6) is 0 Å². The Kier molecular flexibility index (Phi) is 10.1. The second kappa shape index (κ2) is 12.1. The highest BCUT2D eigenvalue weighted by molar-refractivity contribution is 7.89. The van der Waals surface area contributed by atoms with Crippen molar-refractivity contribution in [2.24, 2.45) is 0 Å². The molecule has 0 aliphatic rings. The van der Waals surface area contributed by atoms with Crippen LogP contribution in [0.3, 0.4) is 0 Å². The molecule has 0 radical (unpaired) electrons. The molecule has 1 atom stereocenters. The molecule has 1 unspecified atom stereocenters. The fraction of sp³-hybridized carbons (Fsp3) is 0.381. The zero-order valence-corrected chi connectivity index (χ0v) is 21.3. The molecule has 0 aliphatic carbocycles. The number of carbonyl (C=O) groups excluding carboxylic acids is 1. The maximum absolute atomic E-state index is 12.7. The highest BCUT2D eigenvalue weighted by Crippen LogP contribution is 2.25. The average molecular weight is 537 g/mol. The average Bonchev–Trinajstić information content (AvgIpc) is 2.74. The maximum atomic E-state index is 12.7. The lowest BCUT2D eigenvalue weighted by atomic mass is 10.1. The van der Waals surface area contributed by atoms with Gasteiger partial charge in [-0.3, -0.25) is 4.79 Å². The Bertz CT molecular complexity index is 1170. The van der Waals surface area contributed by atoms with Crippen molar-refractivity contribution in [3.63, 3.8) is 0 Å². The number of carbonyl (C=O) groups is 1. The van der Waals surface area contributed by atoms with Crippen LogP contribution in [0, 0.1) is 6.92 Å². The summed E-state index contributed by atoms with van der Waals surface area (Å²) in [6.07, 6.45) is 0.866. The minimum Gasteiger partial charge on any atom is -0.465 e. The van der Waals surface area contributed by atoms with E-state index in [1.807, 2.05) is 6.92 Å². The summed E-state index contributed by atoms with van der Waals surface area (Å²) < 4.78 is 59.9. The number of esters is 1. The van der Waals surface area contributed by atoms with E-state index in [0.29, 0.717) is 12.8 Å². The lowest BCUT2D eigenvalue weighted by molar-refractivity contribution is -0.145. The van der Waals surface area contributed by atoms with E-state index < -0.39 is 32.1 Å². The number of hydrogen-bond donors (Lipinski definition) is 2. The van der Waals surface area contributed by atoms with Gasteiger partial charge in [0.25, 0.3) is 0 Å². The Balaban J connectivity index is 1.97. The van der Waals surface area contributed by atoms with Crippen molar-refractivity contribution in [3.05, 3.63) is 58.1 Å². The summed E-state index contributed by atoms with van der Waals surface area (Å²) in [5, 5.41) is 0.263. The third-order valence-corrected chi connectivity index (χ3v) is 8.30. The molecule has 2 aromatic rings. The third-order valence-electron chi connectivity index (χ3n) is 4.61. The molecule has 0 heterocycles. The van der Waals surface area contributed by atoms with Crippen molar-refractivity contribution in [2.75, 3.05) is 13.2 Å². The van der Waals surface area contributed by atoms with E-state index in [1.165, 1.54) is 30.3 Å². The van der Waals surface area contributed by atoms with Gasteiger partial charge in [0.05, 0.1) is 26.4 Å². The van der Waals surface area contributed by atoms with E-state index >= 15 is 0 Å². The first-order valence-corrected chi connectivity index (χ1v) is 13.9. The zero-order chi connectivity index (χ0) is 24.6. The topological polar surface area (TPSA) is 119 Å². The molecule has 2 N–H and O–H groups in total. The summed E-state index contributed by atoms with van der Waals surface area (Å²) in [6.45, 7) is 3.69. The van der Waals surface area contributed by atoms with Crippen LogP contribution in [0.1, 0.15) is 31.7 Å². The summed E-state index contributed by atoms with van der Waals surface area (Å²) >= 11 is 11.7. The first-order chi connectivity index (χ1) is 15.5. The number of rotatable bonds is 12. The van der Waals surface area contributed by atoms with Gasteiger partial charge >= 0.3 is 5.97 Å². The predicted molar refractivity (Wildman–Crippen MR) is 127 cm³/mol. The quantitative estimate of drug-likeness (QED) is 0.315. The molecule has 2 rings (SSSR count). The van der Waals surface area contributed by atoms with Crippen LogP contribution >= 0.6 is 23.2 Å². The predicted octanol–water partition coefficient (Wildman–Crippen LogP) is 3.66. The Hall–Kier alpha value is -1.69. The second-order valence-electron chi connectivity index (χ2n) is 7.21. The van der Waals surface area contributed by atoms with Crippen LogP contribution in [-0.4, -0.2) is 42.0 Å². The molecule has 0 aliphatic heterocycles. The molecule has 0 bridgehead atoms. The fourth-order valence-electron chi connectivity index (χ4n) is 2.85. The molecule has 2 aromatic carbocycles. The highest BCUT2D eigenvalue weighted by Gasteiger charge is 2.27. The smallest absolute Gasteiger partial charge is 0.324 e. The number of benzene rings is 2. The summed E-state index contributed by atoms with van der Waals surface area (Å²) in [5.41, 5.74) is 0.947. The van der Waals surface area contributed by atoms with E-state index in [9.17, 15) is 21.6 Å². The number of sulfonamides is 2. The van der Waals surface area contributed by atoms with E-state index in [-0.39, 0.29) is 39.4 Å². The number of halogens is 2. The Morgan fingerprint density at radius 3 is 2.18 bits per heavy atom. The molecule has 0 saturated carbocycles. The van der Waals surface area contributed by atoms with Crippen molar-refractivity contribution in [1.82, 2.24) is 9.44 Å². The highest BCUT2D eigenvalue weighted by atomic mass is 35.5. The van der Waals surface area contributed by atoms with Gasteiger partial charge in [-0.25, -0.2) is 21.6 Å². The first kappa shape index (κ1) is 27.6. The molecule has 33 heavy (non-hydrogen) atoms. The largest absolute Gasteiger partial charge is 0.465 e. The van der Waals surface area contributed by atoms with Crippen molar-refractivity contribution in [3.8, 4) is 0 Å². The standard InChI is InChI=1S/C21H26Cl2N2O6S2/c1-3-31-21(26)20(25-33(29,30)17-11-12-18(22)19(23)14-17)6-4-5-13-24-32(27,28)16-9-7-15(2)8-10-16/h7-12,14,20,24-25H,3-6,13H2,1-2H3. The van der Waals surface area contributed by atoms with Gasteiger partial charge in [0, 0.05) is 6.54 Å². The Labute approximate surface area is 204 Å². The SMILES string of the molecule is CCOC(=O)C(CCCCNS(=O)(=O)c1ccc(C)cc1)NS(=O)(=O)c1ccc(Cl)c(Cl)c1. The number of nitrogens with one attached hydrogen (secondary N) is 2. The van der Waals surface area contributed by atoms with Gasteiger partial charge in [0.2, 0.25) is 20.0 Å². The van der Waals surface area contributed by atoms with Crippen LogP contribution in [0.15, 0.2) is 52.3 Å². The van der Waals surface area contributed by atoms with Gasteiger partial charge in [0.1, 0.15) is 6.04 Å². The number of hydrogen-bond acceptors (Lipinski definition) is 6. The maximum Gasteiger partial charge on any atom is 0.324 e. The van der Waals surface area contributed by atoms with E-state index in [2.05, 4.69) is 9.44 Å². The van der Waals surface area contributed by atoms with Gasteiger partial charge in [-0.05, 0) is 63.4 Å². The molecular formula is C21H26Cl2N2O6S2. The number of aryl methyl sites for hydroxylation is 1. The normalized spacial score (nSPS) is 13.0. The minimum absolute atomic E-state index is 0.0630. The van der Waals surface area contributed by atoms with Crippen LogP contribution in [0.2, 0.25) is 10.0 Å². The van der Waals surface area contributed by atoms with Crippen molar-refractivity contribution in [1.29, 1.82) is 0 Å². The van der Waals surface area contributed by atoms with Crippen molar-refractivity contribution < 1.29 is 26.4 Å². The Morgan fingerprint density at radius 1 is 0.939 bits per heavy atom. The molecule has 0 saturated heterocycles. The van der Waals surface area contributed by atoms with Crippen LogP contribution < -0.4 is 9.44 Å². The van der Waals surface area contributed by atoms with Gasteiger partial charge in [-0.15, -0.1) is 0 Å². The monoisotopic (exact) mass is 536 g/mol. The minimum atomic E-state index is -4.07.